The molecule has 0 fully saturated rings. The first-order chi connectivity index (χ1) is 37.9. The Morgan fingerprint density at radius 2 is 1.01 bits per heavy atom. The fourth-order valence-electron chi connectivity index (χ4n) is 8.70. The molecule has 0 radical (unpaired) electrons. The van der Waals surface area contributed by atoms with Crippen molar-refractivity contribution in [2.75, 3.05) is 26.2 Å². The van der Waals surface area contributed by atoms with Crippen LogP contribution in [0.15, 0.2) is 78.4 Å². The van der Waals surface area contributed by atoms with Crippen molar-refractivity contribution in [3.05, 3.63) is 90.3 Å². The van der Waals surface area contributed by atoms with Gasteiger partial charge in [-0.3, -0.25) is 38.6 Å². The normalized spacial score (nSPS) is 14.3. The maximum absolute atomic E-state index is 14.6. The number of aromatic nitrogens is 4. The maximum Gasteiger partial charge on any atom is 0.326 e. The zero-order valence-electron chi connectivity index (χ0n) is 44.1. The zero-order valence-corrected chi connectivity index (χ0v) is 44.1. The van der Waals surface area contributed by atoms with E-state index in [1.54, 1.807) is 18.5 Å². The molecule has 5 aromatic rings. The summed E-state index contributed by atoms with van der Waals surface area (Å²) >= 11 is 0. The number of aliphatic imine (C=N–C) groups is 1. The minimum atomic E-state index is -1.37. The highest BCUT2D eigenvalue weighted by Gasteiger charge is 2.34. The number of benzene rings is 2. The SMILES string of the molecule is C[C@H](NC(=O)[C@H](Cc1c[nH]c2ccccc12)NC(=O)[C@H](CCCCN)NC(=O)[C@H](CCCN=C(N)N)NC(=O)[C@H](CCCCN)NC(=O)[C@H](Cc1cnc[nH]1)NC(=O)[C@@H](N)CO)C(=O)N[C@@H](Cc1c[nH]c2ccccc12)C(=O)O. The van der Waals surface area contributed by atoms with Crippen LogP contribution in [0.1, 0.15) is 75.1 Å². The van der Waals surface area contributed by atoms with E-state index in [-0.39, 0.29) is 70.5 Å². The summed E-state index contributed by atoms with van der Waals surface area (Å²) < 4.78 is 0. The number of H-pyrrole nitrogens is 3. The molecule has 79 heavy (non-hydrogen) atoms. The van der Waals surface area contributed by atoms with Gasteiger partial charge in [-0.05, 0) is 94.6 Å². The van der Waals surface area contributed by atoms with Gasteiger partial charge >= 0.3 is 5.97 Å². The van der Waals surface area contributed by atoms with E-state index in [1.807, 2.05) is 42.5 Å². The van der Waals surface area contributed by atoms with Gasteiger partial charge in [0.15, 0.2) is 5.96 Å². The van der Waals surface area contributed by atoms with Crippen LogP contribution in [0.2, 0.25) is 0 Å². The lowest BCUT2D eigenvalue weighted by Crippen LogP contribution is -2.60. The molecular weight excluding hydrogens is 1020 g/mol. The van der Waals surface area contributed by atoms with Crippen molar-refractivity contribution in [2.24, 2.45) is 33.7 Å². The molecule has 5 rings (SSSR count). The second-order valence-electron chi connectivity index (χ2n) is 19.2. The number of hydrogen-bond acceptors (Lipinski definition) is 14. The molecule has 0 aliphatic carbocycles. The molecule has 27 heteroatoms. The summed E-state index contributed by atoms with van der Waals surface area (Å²) in [7, 11) is 0. The lowest BCUT2D eigenvalue weighted by molar-refractivity contribution is -0.142. The summed E-state index contributed by atoms with van der Waals surface area (Å²) in [5.41, 5.74) is 31.7. The van der Waals surface area contributed by atoms with E-state index >= 15 is 0 Å². The Bertz CT molecular complexity index is 2850. The number of fused-ring (bicyclic) bond motifs is 2. The fraction of sp³-hybridized carbons (Fsp3) is 0.462. The van der Waals surface area contributed by atoms with Crippen molar-refractivity contribution in [2.45, 2.75) is 126 Å². The number of nitrogens with one attached hydrogen (secondary N) is 10. The highest BCUT2D eigenvalue weighted by molar-refractivity contribution is 5.98. The first-order valence-corrected chi connectivity index (χ1v) is 26.2. The van der Waals surface area contributed by atoms with Crippen LogP contribution >= 0.6 is 0 Å². The third-order valence-electron chi connectivity index (χ3n) is 13.1. The maximum atomic E-state index is 14.6. The molecule has 0 spiro atoms. The van der Waals surface area contributed by atoms with Gasteiger partial charge in [-0.2, -0.15) is 0 Å². The van der Waals surface area contributed by atoms with E-state index in [4.69, 9.17) is 28.7 Å². The number of carbonyl (C=O) groups is 8. The molecule has 0 bridgehead atoms. The Morgan fingerprint density at radius 3 is 1.49 bits per heavy atom. The van der Waals surface area contributed by atoms with Crippen molar-refractivity contribution >= 4 is 75.1 Å². The van der Waals surface area contributed by atoms with Gasteiger partial charge in [0.1, 0.15) is 48.3 Å². The number of unbranched alkanes of at least 4 members (excludes halogenated alkanes) is 2. The monoisotopic (exact) mass is 1100 g/mol. The number of guanidine groups is 1. The summed E-state index contributed by atoms with van der Waals surface area (Å²) in [6.07, 6.45) is 7.67. The average Bonchev–Trinajstić information content (AvgIpc) is 4.23. The van der Waals surface area contributed by atoms with Crippen LogP contribution in [0.5, 0.6) is 0 Å². The Hall–Kier alpha value is -8.40. The number of aromatic amines is 3. The Kier molecular flexibility index (Phi) is 24.2. The van der Waals surface area contributed by atoms with Crippen LogP contribution in [0.25, 0.3) is 21.8 Å². The third kappa shape index (κ3) is 18.9. The number of rotatable bonds is 34. The van der Waals surface area contributed by atoms with Crippen molar-refractivity contribution in [1.82, 2.24) is 57.2 Å². The van der Waals surface area contributed by atoms with Crippen LogP contribution in [0, 0.1) is 0 Å². The van der Waals surface area contributed by atoms with Gasteiger partial charge in [-0.1, -0.05) is 36.4 Å². The lowest BCUT2D eigenvalue weighted by Gasteiger charge is -2.28. The van der Waals surface area contributed by atoms with Crippen LogP contribution in [0.3, 0.4) is 0 Å². The van der Waals surface area contributed by atoms with Crippen molar-refractivity contribution in [3.63, 3.8) is 0 Å². The van der Waals surface area contributed by atoms with Crippen molar-refractivity contribution in [3.8, 4) is 0 Å². The second kappa shape index (κ2) is 31.1. The molecule has 8 atom stereocenters. The quantitative estimate of drug-likeness (QED) is 0.0115. The fourth-order valence-corrected chi connectivity index (χ4v) is 8.70. The predicted octanol–water partition coefficient (Wildman–Crippen LogP) is -2.47. The molecule has 2 aromatic carbocycles. The van der Waals surface area contributed by atoms with E-state index in [1.165, 1.54) is 19.4 Å². The number of nitrogens with zero attached hydrogens (tertiary/aromatic N) is 2. The molecule has 0 aliphatic rings. The van der Waals surface area contributed by atoms with E-state index < -0.39 is 102 Å². The number of para-hydroxylation sites is 2. The highest BCUT2D eigenvalue weighted by atomic mass is 16.4. The van der Waals surface area contributed by atoms with Gasteiger partial charge in [0.05, 0.1) is 12.9 Å². The first-order valence-electron chi connectivity index (χ1n) is 26.2. The molecule has 3 aromatic heterocycles. The van der Waals surface area contributed by atoms with Gasteiger partial charge in [0, 0.05) is 71.9 Å². The number of hydrogen-bond donors (Lipinski definition) is 17. The van der Waals surface area contributed by atoms with Gasteiger partial charge in [0.25, 0.3) is 0 Å². The van der Waals surface area contributed by atoms with Gasteiger partial charge < -0.3 is 91.1 Å². The summed E-state index contributed by atoms with van der Waals surface area (Å²) in [4.78, 5) is 128. The van der Waals surface area contributed by atoms with E-state index in [9.17, 15) is 48.6 Å². The van der Waals surface area contributed by atoms with Crippen LogP contribution in [0.4, 0.5) is 0 Å². The van der Waals surface area contributed by atoms with Crippen LogP contribution in [-0.2, 0) is 57.6 Å². The lowest BCUT2D eigenvalue weighted by atomic mass is 10.0. The molecule has 0 unspecified atom stereocenters. The number of carboxylic acid groups (broad SMARTS) is 1. The topological polar surface area (TPSA) is 464 Å². The third-order valence-corrected chi connectivity index (χ3v) is 13.1. The van der Waals surface area contributed by atoms with Gasteiger partial charge in [-0.15, -0.1) is 0 Å². The number of nitrogens with two attached hydrogens (primary N) is 5. The molecule has 22 N–H and O–H groups in total. The Labute approximate surface area is 455 Å². The molecule has 0 saturated carbocycles. The Morgan fingerprint density at radius 1 is 0.570 bits per heavy atom. The zero-order chi connectivity index (χ0) is 57.4. The number of amides is 7. The number of aliphatic hydroxyl groups is 1. The van der Waals surface area contributed by atoms with Crippen LogP contribution < -0.4 is 65.9 Å². The largest absolute Gasteiger partial charge is 0.480 e. The minimum Gasteiger partial charge on any atom is -0.480 e. The van der Waals surface area contributed by atoms with E-state index in [0.717, 1.165) is 21.8 Å². The molecule has 0 saturated heterocycles. The van der Waals surface area contributed by atoms with E-state index in [2.05, 4.69) is 62.1 Å². The highest BCUT2D eigenvalue weighted by Crippen LogP contribution is 2.21. The molecule has 27 nitrogen and oxygen atoms in total. The van der Waals surface area contributed by atoms with Crippen molar-refractivity contribution in [1.29, 1.82) is 0 Å². The summed E-state index contributed by atoms with van der Waals surface area (Å²) in [5.74, 6) is -7.15. The average molecular weight is 1100 g/mol. The summed E-state index contributed by atoms with van der Waals surface area (Å²) in [6, 6.07) is 3.92. The van der Waals surface area contributed by atoms with Crippen LogP contribution in [-0.4, -0.2) is 158 Å². The predicted molar refractivity (Wildman–Crippen MR) is 294 cm³/mol. The van der Waals surface area contributed by atoms with E-state index in [0.29, 0.717) is 42.5 Å². The number of carbonyl (C=O) groups excluding carboxylic acids is 7. The van der Waals surface area contributed by atoms with Gasteiger partial charge in [-0.25, -0.2) is 9.78 Å². The smallest absolute Gasteiger partial charge is 0.326 e. The number of aliphatic hydroxyl groups excluding tert-OH is 1. The second-order valence-corrected chi connectivity index (χ2v) is 19.2. The van der Waals surface area contributed by atoms with Crippen molar-refractivity contribution < 1.29 is 48.6 Å². The molecule has 3 heterocycles. The standard InChI is InChI=1S/C52H75N17O10/c1-29(44(71)69-43(51(78)79)22-31-25-61-37-14-5-3-12-34(31)37)63-49(76)41(21-30-24-60-36-13-4-2-11-33(30)36)68-48(75)39(16-7-9-19-54)64-47(74)40(17-10-20-59-52(56)57)65-46(73)38(15-6-8-18-53)66-50(77)42(23-32-26-58-28-62-32)67-45(72)35(55)27-70/h2-5,11-14,24-26,28-29,35,38-43,60-61,70H,6-10,15-23,27,53-55H2,1H3,(H,58,62)(H,63,76)(H,64,74)(H,65,73)(H,66,77)(H,67,72)(H,68,75)(H,69,71)(H,78,79)(H4,56,57,59)/t29-,35-,38-,39-,40-,41-,42-,43-/m0/s1. The minimum absolute atomic E-state index is 0.0256. The Balaban J connectivity index is 1.38. The molecular formula is C52H75N17O10. The molecule has 7 amide bonds. The number of aliphatic carboxylic acids is 1. The molecule has 0 aliphatic heterocycles. The first kappa shape index (κ1) is 61.5. The van der Waals surface area contributed by atoms with Gasteiger partial charge in [0.2, 0.25) is 41.4 Å². The summed E-state index contributed by atoms with van der Waals surface area (Å²) in [5, 5.41) is 39.8. The molecule has 428 valence electrons. The number of imidazole rings is 1. The summed E-state index contributed by atoms with van der Waals surface area (Å²) in [6.45, 7) is 1.23. The number of carboxylic acids is 1.